The van der Waals surface area contributed by atoms with E-state index in [4.69, 9.17) is 11.1 Å². The monoisotopic (exact) mass is 267 g/mol. The Balaban J connectivity index is 2.19. The first-order valence-electron chi connectivity index (χ1n) is 6.69. The number of rotatable bonds is 4. The molecule has 0 amide bonds. The van der Waals surface area contributed by atoms with Crippen LogP contribution in [-0.2, 0) is 6.54 Å². The number of hydrogen-bond donors (Lipinski definition) is 2. The molecule has 0 bridgehead atoms. The van der Waals surface area contributed by atoms with Gasteiger partial charge in [0.25, 0.3) is 0 Å². The van der Waals surface area contributed by atoms with Crippen molar-refractivity contribution < 1.29 is 0 Å². The molecular weight excluding hydrogens is 246 g/mol. The van der Waals surface area contributed by atoms with Crippen molar-refractivity contribution in [3.63, 3.8) is 0 Å². The van der Waals surface area contributed by atoms with Gasteiger partial charge in [-0.15, -0.1) is 0 Å². The number of nitrogen functional groups attached to an aromatic ring is 1. The summed E-state index contributed by atoms with van der Waals surface area (Å²) in [7, 11) is 2.08. The first kappa shape index (κ1) is 14.1. The SMILES string of the molecule is Cc1cccc(C)c1CN(C)c1ccc(C(=N)N)cc1. The van der Waals surface area contributed by atoms with Gasteiger partial charge >= 0.3 is 0 Å². The van der Waals surface area contributed by atoms with E-state index in [9.17, 15) is 0 Å². The summed E-state index contributed by atoms with van der Waals surface area (Å²) in [4.78, 5) is 2.21. The van der Waals surface area contributed by atoms with E-state index in [2.05, 4.69) is 44.0 Å². The second kappa shape index (κ2) is 5.78. The molecule has 3 N–H and O–H groups in total. The summed E-state index contributed by atoms with van der Waals surface area (Å²) in [5, 5.41) is 7.41. The van der Waals surface area contributed by atoms with Crippen molar-refractivity contribution in [2.24, 2.45) is 5.73 Å². The molecule has 104 valence electrons. The maximum absolute atomic E-state index is 7.41. The molecule has 0 aliphatic carbocycles. The lowest BCUT2D eigenvalue weighted by atomic mass is 10.0. The molecule has 0 fully saturated rings. The lowest BCUT2D eigenvalue weighted by Gasteiger charge is -2.22. The number of hydrogen-bond acceptors (Lipinski definition) is 2. The number of nitrogens with two attached hydrogens (primary N) is 1. The number of nitrogens with zero attached hydrogens (tertiary/aromatic N) is 1. The van der Waals surface area contributed by atoms with Gasteiger partial charge in [0.15, 0.2) is 0 Å². The Labute approximate surface area is 120 Å². The highest BCUT2D eigenvalue weighted by Crippen LogP contribution is 2.20. The Morgan fingerprint density at radius 2 is 1.60 bits per heavy atom. The molecule has 0 saturated heterocycles. The summed E-state index contributed by atoms with van der Waals surface area (Å²) >= 11 is 0. The summed E-state index contributed by atoms with van der Waals surface area (Å²) in [6, 6.07) is 14.2. The minimum atomic E-state index is 0.106. The topological polar surface area (TPSA) is 53.1 Å². The number of aryl methyl sites for hydroxylation is 2. The molecule has 0 unspecified atom stereocenters. The van der Waals surface area contributed by atoms with Crippen LogP contribution in [0.25, 0.3) is 0 Å². The molecule has 2 aromatic carbocycles. The van der Waals surface area contributed by atoms with Crippen LogP contribution in [0.15, 0.2) is 42.5 Å². The van der Waals surface area contributed by atoms with E-state index in [1.165, 1.54) is 16.7 Å². The molecule has 2 rings (SSSR count). The third-order valence-corrected chi connectivity index (χ3v) is 3.66. The first-order chi connectivity index (χ1) is 9.49. The van der Waals surface area contributed by atoms with Crippen molar-refractivity contribution in [1.82, 2.24) is 0 Å². The maximum atomic E-state index is 7.41. The van der Waals surface area contributed by atoms with Crippen LogP contribution in [0.5, 0.6) is 0 Å². The minimum Gasteiger partial charge on any atom is -0.384 e. The average molecular weight is 267 g/mol. The van der Waals surface area contributed by atoms with Crippen LogP contribution in [0.3, 0.4) is 0 Å². The van der Waals surface area contributed by atoms with Crippen LogP contribution in [0.1, 0.15) is 22.3 Å². The third-order valence-electron chi connectivity index (χ3n) is 3.66. The Hall–Kier alpha value is -2.29. The van der Waals surface area contributed by atoms with Crippen molar-refractivity contribution in [2.75, 3.05) is 11.9 Å². The van der Waals surface area contributed by atoms with Gasteiger partial charge in [0.1, 0.15) is 5.84 Å². The van der Waals surface area contributed by atoms with Crippen LogP contribution < -0.4 is 10.6 Å². The lowest BCUT2D eigenvalue weighted by molar-refractivity contribution is 0.905. The predicted molar refractivity (Wildman–Crippen MR) is 85.5 cm³/mol. The number of benzene rings is 2. The van der Waals surface area contributed by atoms with Gasteiger partial charge in [0, 0.05) is 24.8 Å². The minimum absolute atomic E-state index is 0.106. The van der Waals surface area contributed by atoms with Gasteiger partial charge in [-0.1, -0.05) is 18.2 Å². The smallest absolute Gasteiger partial charge is 0.122 e. The highest BCUT2D eigenvalue weighted by atomic mass is 15.1. The average Bonchev–Trinajstić information content (AvgIpc) is 2.43. The Bertz CT molecular complexity index is 594. The number of nitrogens with one attached hydrogen (secondary N) is 1. The second-order valence-electron chi connectivity index (χ2n) is 5.19. The zero-order valence-electron chi connectivity index (χ0n) is 12.3. The van der Waals surface area contributed by atoms with Crippen molar-refractivity contribution in [3.05, 3.63) is 64.7 Å². The summed E-state index contributed by atoms with van der Waals surface area (Å²) < 4.78 is 0. The zero-order chi connectivity index (χ0) is 14.7. The van der Waals surface area contributed by atoms with Crippen molar-refractivity contribution in [3.8, 4) is 0 Å². The Morgan fingerprint density at radius 3 is 2.10 bits per heavy atom. The molecule has 0 heterocycles. The predicted octanol–water partition coefficient (Wildman–Crippen LogP) is 3.22. The van der Waals surface area contributed by atoms with E-state index in [-0.39, 0.29) is 5.84 Å². The molecule has 0 aliphatic heterocycles. The van der Waals surface area contributed by atoms with Gasteiger partial charge in [-0.05, 0) is 54.8 Å². The fourth-order valence-corrected chi connectivity index (χ4v) is 2.32. The van der Waals surface area contributed by atoms with Gasteiger partial charge < -0.3 is 10.6 Å². The highest BCUT2D eigenvalue weighted by Gasteiger charge is 2.07. The fourth-order valence-electron chi connectivity index (χ4n) is 2.32. The van der Waals surface area contributed by atoms with Gasteiger partial charge in [-0.3, -0.25) is 5.41 Å². The van der Waals surface area contributed by atoms with Gasteiger partial charge in [0.2, 0.25) is 0 Å². The Morgan fingerprint density at radius 1 is 1.05 bits per heavy atom. The first-order valence-corrected chi connectivity index (χ1v) is 6.69. The molecule has 0 spiro atoms. The molecule has 0 atom stereocenters. The number of amidine groups is 1. The van der Waals surface area contributed by atoms with Crippen molar-refractivity contribution in [2.45, 2.75) is 20.4 Å². The standard InChI is InChI=1S/C17H21N3/c1-12-5-4-6-13(2)16(12)11-20(3)15-9-7-14(8-10-15)17(18)19/h4-10H,11H2,1-3H3,(H3,18,19). The van der Waals surface area contributed by atoms with E-state index in [1.54, 1.807) is 0 Å². The van der Waals surface area contributed by atoms with Crippen LogP contribution in [0.2, 0.25) is 0 Å². The van der Waals surface area contributed by atoms with E-state index < -0.39 is 0 Å². The fraction of sp³-hybridized carbons (Fsp3) is 0.235. The van der Waals surface area contributed by atoms with Gasteiger partial charge in [-0.2, -0.15) is 0 Å². The lowest BCUT2D eigenvalue weighted by Crippen LogP contribution is -2.18. The van der Waals surface area contributed by atoms with Crippen LogP contribution >= 0.6 is 0 Å². The molecule has 0 saturated carbocycles. The van der Waals surface area contributed by atoms with Gasteiger partial charge in [0.05, 0.1) is 0 Å². The van der Waals surface area contributed by atoms with Crippen LogP contribution in [0, 0.1) is 19.3 Å². The van der Waals surface area contributed by atoms with Crippen molar-refractivity contribution >= 4 is 11.5 Å². The summed E-state index contributed by atoms with van der Waals surface area (Å²) in [5.41, 5.74) is 11.4. The Kier molecular flexibility index (Phi) is 4.08. The summed E-state index contributed by atoms with van der Waals surface area (Å²) in [5.74, 6) is 0.106. The van der Waals surface area contributed by atoms with E-state index in [0.29, 0.717) is 0 Å². The molecule has 3 heteroatoms. The molecular formula is C17H21N3. The summed E-state index contributed by atoms with van der Waals surface area (Å²) in [6.45, 7) is 5.17. The molecule has 0 radical (unpaired) electrons. The molecule has 0 aliphatic rings. The second-order valence-corrected chi connectivity index (χ2v) is 5.19. The highest BCUT2D eigenvalue weighted by molar-refractivity contribution is 5.95. The van der Waals surface area contributed by atoms with E-state index >= 15 is 0 Å². The maximum Gasteiger partial charge on any atom is 0.122 e. The van der Waals surface area contributed by atoms with Crippen molar-refractivity contribution in [1.29, 1.82) is 5.41 Å². The van der Waals surface area contributed by atoms with Crippen LogP contribution in [0.4, 0.5) is 5.69 Å². The molecule has 3 nitrogen and oxygen atoms in total. The molecule has 2 aromatic rings. The largest absolute Gasteiger partial charge is 0.384 e. The van der Waals surface area contributed by atoms with Crippen LogP contribution in [-0.4, -0.2) is 12.9 Å². The van der Waals surface area contributed by atoms with Gasteiger partial charge in [-0.25, -0.2) is 0 Å². The molecule has 20 heavy (non-hydrogen) atoms. The van der Waals surface area contributed by atoms with E-state index in [1.807, 2.05) is 24.3 Å². The molecule has 0 aromatic heterocycles. The van der Waals surface area contributed by atoms with E-state index in [0.717, 1.165) is 17.8 Å². The normalized spacial score (nSPS) is 10.3. The third kappa shape index (κ3) is 2.99. The number of anilines is 1. The summed E-state index contributed by atoms with van der Waals surface area (Å²) in [6.07, 6.45) is 0. The quantitative estimate of drug-likeness (QED) is 0.660. The zero-order valence-corrected chi connectivity index (χ0v) is 12.3.